The van der Waals surface area contributed by atoms with Crippen molar-refractivity contribution in [2.75, 3.05) is 12.4 Å². The molecule has 1 aliphatic carbocycles. The molecule has 0 bridgehead atoms. The standard InChI is InChI=1S/C19H23N3O4S/c1-10-5-6-13-14(7-10)27-18(17(13)19(25)26-4)21-15(23)9-22-12(3)20-11(2)8-16(22)24/h8,10H,5-7,9H2,1-4H3,(H,21,23)/t10-/m1/s1. The van der Waals surface area contributed by atoms with Crippen LogP contribution in [0.2, 0.25) is 0 Å². The molecule has 27 heavy (non-hydrogen) atoms. The first-order valence-electron chi connectivity index (χ1n) is 8.88. The predicted octanol–water partition coefficient (Wildman–Crippen LogP) is 2.47. The number of hydrogen-bond acceptors (Lipinski definition) is 6. The lowest BCUT2D eigenvalue weighted by molar-refractivity contribution is -0.116. The van der Waals surface area contributed by atoms with Crippen LogP contribution in [0.25, 0.3) is 0 Å². The zero-order valence-corrected chi connectivity index (χ0v) is 16.7. The lowest BCUT2D eigenvalue weighted by atomic mass is 9.88. The van der Waals surface area contributed by atoms with Gasteiger partial charge in [0.1, 0.15) is 17.4 Å². The quantitative estimate of drug-likeness (QED) is 0.812. The van der Waals surface area contributed by atoms with Gasteiger partial charge in [0, 0.05) is 16.6 Å². The lowest BCUT2D eigenvalue weighted by Crippen LogP contribution is -2.30. The maximum atomic E-state index is 12.6. The van der Waals surface area contributed by atoms with Crippen molar-refractivity contribution in [2.24, 2.45) is 5.92 Å². The number of aromatic nitrogens is 2. The molecule has 7 nitrogen and oxygen atoms in total. The number of amides is 1. The number of rotatable bonds is 4. The molecule has 0 spiro atoms. The SMILES string of the molecule is COC(=O)c1c(NC(=O)Cn2c(C)nc(C)cc2=O)sc2c1CC[C@@H](C)C2. The summed E-state index contributed by atoms with van der Waals surface area (Å²) < 4.78 is 6.25. The maximum absolute atomic E-state index is 12.6. The molecule has 3 rings (SSSR count). The third kappa shape index (κ3) is 3.95. The summed E-state index contributed by atoms with van der Waals surface area (Å²) in [6.07, 6.45) is 2.69. The van der Waals surface area contributed by atoms with Crippen LogP contribution in [0.5, 0.6) is 0 Å². The Morgan fingerprint density at radius 2 is 2.15 bits per heavy atom. The largest absolute Gasteiger partial charge is 0.465 e. The zero-order valence-electron chi connectivity index (χ0n) is 15.9. The molecule has 0 aliphatic heterocycles. The van der Waals surface area contributed by atoms with Gasteiger partial charge in [0.15, 0.2) is 0 Å². The number of esters is 1. The third-order valence-electron chi connectivity index (χ3n) is 4.78. The highest BCUT2D eigenvalue weighted by molar-refractivity contribution is 7.17. The van der Waals surface area contributed by atoms with E-state index in [0.29, 0.717) is 28.0 Å². The molecule has 1 N–H and O–H groups in total. The summed E-state index contributed by atoms with van der Waals surface area (Å²) in [4.78, 5) is 42.4. The molecule has 0 fully saturated rings. The first-order valence-corrected chi connectivity index (χ1v) is 9.69. The van der Waals surface area contributed by atoms with Gasteiger partial charge < -0.3 is 10.1 Å². The Labute approximate surface area is 161 Å². The van der Waals surface area contributed by atoms with Crippen molar-refractivity contribution in [1.82, 2.24) is 9.55 Å². The molecule has 1 aliphatic rings. The summed E-state index contributed by atoms with van der Waals surface area (Å²) in [6.45, 7) is 5.45. The van der Waals surface area contributed by atoms with Crippen LogP contribution in [0.4, 0.5) is 5.00 Å². The van der Waals surface area contributed by atoms with E-state index in [1.54, 1.807) is 13.8 Å². The predicted molar refractivity (Wildman–Crippen MR) is 103 cm³/mol. The van der Waals surface area contributed by atoms with E-state index in [4.69, 9.17) is 4.74 Å². The fourth-order valence-electron chi connectivity index (χ4n) is 3.42. The van der Waals surface area contributed by atoms with Gasteiger partial charge in [-0.1, -0.05) is 6.92 Å². The van der Waals surface area contributed by atoms with E-state index >= 15 is 0 Å². The summed E-state index contributed by atoms with van der Waals surface area (Å²) in [5.74, 6) is 0.207. The van der Waals surface area contributed by atoms with Crippen molar-refractivity contribution in [2.45, 2.75) is 46.6 Å². The number of anilines is 1. The van der Waals surface area contributed by atoms with Crippen LogP contribution in [-0.2, 0) is 28.9 Å². The van der Waals surface area contributed by atoms with Gasteiger partial charge in [0.25, 0.3) is 5.56 Å². The van der Waals surface area contributed by atoms with Gasteiger partial charge in [-0.15, -0.1) is 11.3 Å². The molecule has 1 amide bonds. The van der Waals surface area contributed by atoms with Crippen LogP contribution in [0.3, 0.4) is 0 Å². The highest BCUT2D eigenvalue weighted by Crippen LogP contribution is 2.40. The lowest BCUT2D eigenvalue weighted by Gasteiger charge is -2.18. The first kappa shape index (κ1) is 19.3. The van der Waals surface area contributed by atoms with Gasteiger partial charge in [-0.25, -0.2) is 9.78 Å². The average molecular weight is 389 g/mol. The van der Waals surface area contributed by atoms with Crippen LogP contribution in [0, 0.1) is 19.8 Å². The normalized spacial score (nSPS) is 15.9. The molecular weight excluding hydrogens is 366 g/mol. The van der Waals surface area contributed by atoms with Crippen LogP contribution in [-0.4, -0.2) is 28.5 Å². The second-order valence-corrected chi connectivity index (χ2v) is 8.07. The Morgan fingerprint density at radius 3 is 2.81 bits per heavy atom. The average Bonchev–Trinajstić information content (AvgIpc) is 2.94. The zero-order chi connectivity index (χ0) is 19.7. The number of ether oxygens (including phenoxy) is 1. The Kier molecular flexibility index (Phi) is 5.46. The minimum atomic E-state index is -0.442. The molecule has 2 aromatic rings. The van der Waals surface area contributed by atoms with Gasteiger partial charge >= 0.3 is 5.97 Å². The number of aryl methyl sites for hydroxylation is 2. The molecule has 1 atom stereocenters. The minimum Gasteiger partial charge on any atom is -0.465 e. The van der Waals surface area contributed by atoms with Crippen molar-refractivity contribution in [3.8, 4) is 0 Å². The second-order valence-electron chi connectivity index (χ2n) is 6.96. The molecule has 2 aromatic heterocycles. The Morgan fingerprint density at radius 1 is 1.41 bits per heavy atom. The monoisotopic (exact) mass is 389 g/mol. The summed E-state index contributed by atoms with van der Waals surface area (Å²) in [7, 11) is 1.34. The van der Waals surface area contributed by atoms with Crippen molar-refractivity contribution in [3.05, 3.63) is 43.9 Å². The molecule has 0 aromatic carbocycles. The number of methoxy groups -OCH3 is 1. The number of hydrogen-bond donors (Lipinski definition) is 1. The number of carbonyl (C=O) groups is 2. The molecule has 0 unspecified atom stereocenters. The molecule has 0 radical (unpaired) electrons. The van der Waals surface area contributed by atoms with E-state index in [9.17, 15) is 14.4 Å². The smallest absolute Gasteiger partial charge is 0.341 e. The minimum absolute atomic E-state index is 0.155. The number of nitrogens with zero attached hydrogens (tertiary/aromatic N) is 2. The fraction of sp³-hybridized carbons (Fsp3) is 0.474. The van der Waals surface area contributed by atoms with Crippen LogP contribution in [0.15, 0.2) is 10.9 Å². The van der Waals surface area contributed by atoms with Crippen molar-refractivity contribution < 1.29 is 14.3 Å². The van der Waals surface area contributed by atoms with E-state index in [-0.39, 0.29) is 18.0 Å². The van der Waals surface area contributed by atoms with Gasteiger partial charge in [0.2, 0.25) is 5.91 Å². The summed E-state index contributed by atoms with van der Waals surface area (Å²) in [6, 6.07) is 1.39. The topological polar surface area (TPSA) is 90.3 Å². The van der Waals surface area contributed by atoms with Crippen molar-refractivity contribution in [1.29, 1.82) is 0 Å². The first-order chi connectivity index (χ1) is 12.8. The van der Waals surface area contributed by atoms with Gasteiger partial charge in [0.05, 0.1) is 12.7 Å². The van der Waals surface area contributed by atoms with Gasteiger partial charge in [-0.2, -0.15) is 0 Å². The van der Waals surface area contributed by atoms with Crippen molar-refractivity contribution in [3.63, 3.8) is 0 Å². The van der Waals surface area contributed by atoms with Gasteiger partial charge in [-0.3, -0.25) is 14.2 Å². The fourth-order valence-corrected chi connectivity index (χ4v) is 4.84. The number of nitrogens with one attached hydrogen (secondary N) is 1. The number of carbonyl (C=O) groups excluding carboxylic acids is 2. The van der Waals surface area contributed by atoms with Crippen LogP contribution < -0.4 is 10.9 Å². The van der Waals surface area contributed by atoms with Gasteiger partial charge in [-0.05, 0) is 44.6 Å². The molecule has 0 saturated carbocycles. The Hall–Kier alpha value is -2.48. The van der Waals surface area contributed by atoms with E-state index in [2.05, 4.69) is 17.2 Å². The third-order valence-corrected chi connectivity index (χ3v) is 5.95. The van der Waals surface area contributed by atoms with E-state index in [1.807, 2.05) is 0 Å². The van der Waals surface area contributed by atoms with E-state index in [1.165, 1.54) is 29.1 Å². The highest BCUT2D eigenvalue weighted by Gasteiger charge is 2.29. The molecule has 144 valence electrons. The van der Waals surface area contributed by atoms with E-state index < -0.39 is 5.97 Å². The highest BCUT2D eigenvalue weighted by atomic mass is 32.1. The second kappa shape index (κ2) is 7.64. The molecule has 8 heteroatoms. The number of thiophene rings is 1. The molecule has 0 saturated heterocycles. The van der Waals surface area contributed by atoms with E-state index in [0.717, 1.165) is 29.7 Å². The Balaban J connectivity index is 1.88. The van der Waals surface area contributed by atoms with Crippen LogP contribution in [0.1, 0.15) is 45.7 Å². The van der Waals surface area contributed by atoms with Crippen LogP contribution >= 0.6 is 11.3 Å². The summed E-state index contributed by atoms with van der Waals surface area (Å²) in [5, 5.41) is 3.30. The van der Waals surface area contributed by atoms with Crippen molar-refractivity contribution >= 4 is 28.2 Å². The maximum Gasteiger partial charge on any atom is 0.341 e. The Bertz CT molecular complexity index is 961. The summed E-state index contributed by atoms with van der Waals surface area (Å²) in [5.41, 5.74) is 1.76. The summed E-state index contributed by atoms with van der Waals surface area (Å²) >= 11 is 1.42. The molecular formula is C19H23N3O4S. The molecule has 2 heterocycles. The number of fused-ring (bicyclic) bond motifs is 1.